The van der Waals surface area contributed by atoms with Gasteiger partial charge in [0.25, 0.3) is 0 Å². The molecule has 0 spiro atoms. The van der Waals surface area contributed by atoms with Crippen LogP contribution in [0.1, 0.15) is 16.8 Å². The van der Waals surface area contributed by atoms with E-state index in [1.54, 1.807) is 6.07 Å². The van der Waals surface area contributed by atoms with Crippen molar-refractivity contribution in [1.82, 2.24) is 0 Å². The van der Waals surface area contributed by atoms with E-state index in [4.69, 9.17) is 9.47 Å². The van der Waals surface area contributed by atoms with Gasteiger partial charge in [-0.05, 0) is 18.6 Å². The van der Waals surface area contributed by atoms with Gasteiger partial charge in [0.05, 0.1) is 31.0 Å². The van der Waals surface area contributed by atoms with E-state index in [0.29, 0.717) is 18.2 Å². The van der Waals surface area contributed by atoms with Gasteiger partial charge in [0.2, 0.25) is 0 Å². The maximum atomic E-state index is 11.7. The van der Waals surface area contributed by atoms with Crippen LogP contribution in [0.4, 0.5) is 5.69 Å². The molecule has 1 saturated heterocycles. The van der Waals surface area contributed by atoms with Gasteiger partial charge in [-0.2, -0.15) is 0 Å². The highest BCUT2D eigenvalue weighted by Crippen LogP contribution is 2.24. The molecule has 1 aromatic rings. The van der Waals surface area contributed by atoms with Gasteiger partial charge in [-0.25, -0.2) is 4.79 Å². The molecule has 0 bridgehead atoms. The van der Waals surface area contributed by atoms with Gasteiger partial charge >= 0.3 is 5.97 Å². The first-order chi connectivity index (χ1) is 8.24. The summed E-state index contributed by atoms with van der Waals surface area (Å²) in [5.74, 6) is -0.300. The Morgan fingerprint density at radius 3 is 2.88 bits per heavy atom. The summed E-state index contributed by atoms with van der Waals surface area (Å²) in [7, 11) is 3.39. The van der Waals surface area contributed by atoms with Gasteiger partial charge in [0, 0.05) is 13.7 Å². The number of nitrogens with zero attached hydrogens (tertiary/aromatic N) is 1. The minimum absolute atomic E-state index is 0.300. The number of hydrogen-bond acceptors (Lipinski definition) is 4. The minimum atomic E-state index is -0.300. The second-order valence-electron chi connectivity index (χ2n) is 4.14. The van der Waals surface area contributed by atoms with E-state index in [9.17, 15) is 4.79 Å². The van der Waals surface area contributed by atoms with Crippen molar-refractivity contribution in [3.63, 3.8) is 0 Å². The number of ether oxygens (including phenoxy) is 2. The minimum Gasteiger partial charge on any atom is -0.465 e. The molecule has 0 amide bonds. The van der Waals surface area contributed by atoms with Crippen LogP contribution in [0.2, 0.25) is 0 Å². The molecule has 1 unspecified atom stereocenters. The second kappa shape index (κ2) is 5.19. The highest BCUT2D eigenvalue weighted by Gasteiger charge is 2.23. The molecule has 0 aliphatic carbocycles. The zero-order valence-corrected chi connectivity index (χ0v) is 10.2. The number of hydrogen-bond donors (Lipinski definition) is 0. The zero-order valence-electron chi connectivity index (χ0n) is 10.2. The van der Waals surface area contributed by atoms with Gasteiger partial charge in [0.1, 0.15) is 0 Å². The number of carbonyl (C=O) groups excluding carboxylic acids is 1. The molecule has 0 aromatic heterocycles. The van der Waals surface area contributed by atoms with Crippen LogP contribution in [0, 0.1) is 0 Å². The van der Waals surface area contributed by atoms with Crippen molar-refractivity contribution >= 4 is 11.7 Å². The molecule has 2 rings (SSSR count). The normalized spacial score (nSPS) is 19.1. The van der Waals surface area contributed by atoms with Crippen LogP contribution < -0.4 is 4.90 Å². The number of para-hydroxylation sites is 1. The highest BCUT2D eigenvalue weighted by atomic mass is 16.5. The van der Waals surface area contributed by atoms with Gasteiger partial charge in [-0.1, -0.05) is 12.1 Å². The molecule has 92 valence electrons. The molecule has 1 aromatic carbocycles. The van der Waals surface area contributed by atoms with E-state index in [2.05, 4.69) is 4.90 Å². The number of esters is 1. The first kappa shape index (κ1) is 11.9. The summed E-state index contributed by atoms with van der Waals surface area (Å²) in [5.41, 5.74) is 1.50. The number of methoxy groups -OCH3 is 1. The predicted octanol–water partition coefficient (Wildman–Crippen LogP) is 1.70. The Kier molecular flexibility index (Phi) is 3.64. The SMILES string of the molecule is COC(=O)c1ccccc1N(C)C1CCOC1. The summed E-state index contributed by atoms with van der Waals surface area (Å²) in [6.07, 6.45) is 0.992. The van der Waals surface area contributed by atoms with Gasteiger partial charge in [-0.3, -0.25) is 0 Å². The Bertz CT molecular complexity index is 399. The number of carbonyl (C=O) groups is 1. The Hall–Kier alpha value is -1.55. The number of anilines is 1. The Morgan fingerprint density at radius 1 is 1.47 bits per heavy atom. The standard InChI is InChI=1S/C13H17NO3/c1-14(10-7-8-17-9-10)12-6-4-3-5-11(12)13(15)16-2/h3-6,10H,7-9H2,1-2H3. The first-order valence-corrected chi connectivity index (χ1v) is 5.72. The lowest BCUT2D eigenvalue weighted by atomic mass is 10.1. The molecule has 0 N–H and O–H groups in total. The van der Waals surface area contributed by atoms with Crippen LogP contribution in [0.25, 0.3) is 0 Å². The first-order valence-electron chi connectivity index (χ1n) is 5.72. The summed E-state index contributed by atoms with van der Waals surface area (Å²) >= 11 is 0. The quantitative estimate of drug-likeness (QED) is 0.747. The molecule has 4 nitrogen and oxygen atoms in total. The van der Waals surface area contributed by atoms with E-state index < -0.39 is 0 Å². The number of rotatable bonds is 3. The predicted molar refractivity (Wildman–Crippen MR) is 65.4 cm³/mol. The van der Waals surface area contributed by atoms with Crippen LogP contribution in [-0.2, 0) is 9.47 Å². The fourth-order valence-corrected chi connectivity index (χ4v) is 2.09. The average molecular weight is 235 g/mol. The van der Waals surface area contributed by atoms with E-state index in [1.165, 1.54) is 7.11 Å². The van der Waals surface area contributed by atoms with E-state index >= 15 is 0 Å². The molecule has 17 heavy (non-hydrogen) atoms. The molecule has 1 heterocycles. The van der Waals surface area contributed by atoms with Crippen LogP contribution in [0.15, 0.2) is 24.3 Å². The third kappa shape index (κ3) is 2.42. The molecule has 1 aliphatic heterocycles. The lowest BCUT2D eigenvalue weighted by Crippen LogP contribution is -2.33. The lowest BCUT2D eigenvalue weighted by Gasteiger charge is -2.26. The molecule has 4 heteroatoms. The third-order valence-electron chi connectivity index (χ3n) is 3.14. The largest absolute Gasteiger partial charge is 0.465 e. The fraction of sp³-hybridized carbons (Fsp3) is 0.462. The van der Waals surface area contributed by atoms with E-state index in [1.807, 2.05) is 25.2 Å². The smallest absolute Gasteiger partial charge is 0.339 e. The topological polar surface area (TPSA) is 38.8 Å². The van der Waals surface area contributed by atoms with Crippen molar-refractivity contribution in [2.75, 3.05) is 32.3 Å². The number of likely N-dealkylation sites (N-methyl/N-ethyl adjacent to an activating group) is 1. The Morgan fingerprint density at radius 2 is 2.24 bits per heavy atom. The second-order valence-corrected chi connectivity index (χ2v) is 4.14. The van der Waals surface area contributed by atoms with Crippen molar-refractivity contribution in [2.24, 2.45) is 0 Å². The Labute approximate surface area is 101 Å². The van der Waals surface area contributed by atoms with Crippen molar-refractivity contribution < 1.29 is 14.3 Å². The van der Waals surface area contributed by atoms with Crippen LogP contribution >= 0.6 is 0 Å². The average Bonchev–Trinajstić information content (AvgIpc) is 2.91. The van der Waals surface area contributed by atoms with Crippen molar-refractivity contribution in [3.05, 3.63) is 29.8 Å². The molecule has 0 saturated carbocycles. The molecular weight excluding hydrogens is 218 g/mol. The molecular formula is C13H17NO3. The molecule has 1 aliphatic rings. The zero-order chi connectivity index (χ0) is 12.3. The van der Waals surface area contributed by atoms with Crippen molar-refractivity contribution in [3.8, 4) is 0 Å². The van der Waals surface area contributed by atoms with Crippen LogP contribution in [0.5, 0.6) is 0 Å². The van der Waals surface area contributed by atoms with Gasteiger partial charge in [0.15, 0.2) is 0 Å². The molecule has 0 radical (unpaired) electrons. The number of benzene rings is 1. The summed E-state index contributed by atoms with van der Waals surface area (Å²) in [6, 6.07) is 7.82. The van der Waals surface area contributed by atoms with Crippen molar-refractivity contribution in [2.45, 2.75) is 12.5 Å². The van der Waals surface area contributed by atoms with Crippen LogP contribution in [0.3, 0.4) is 0 Å². The summed E-state index contributed by atoms with van der Waals surface area (Å²) < 4.78 is 10.2. The van der Waals surface area contributed by atoms with Crippen molar-refractivity contribution in [1.29, 1.82) is 0 Å². The molecule has 1 fully saturated rings. The van der Waals surface area contributed by atoms with Gasteiger partial charge < -0.3 is 14.4 Å². The maximum absolute atomic E-state index is 11.7. The summed E-state index contributed by atoms with van der Waals surface area (Å²) in [4.78, 5) is 13.8. The third-order valence-corrected chi connectivity index (χ3v) is 3.14. The summed E-state index contributed by atoms with van der Waals surface area (Å²) in [5, 5.41) is 0. The fourth-order valence-electron chi connectivity index (χ4n) is 2.09. The Balaban J connectivity index is 2.27. The van der Waals surface area contributed by atoms with Crippen LogP contribution in [-0.4, -0.2) is 39.4 Å². The maximum Gasteiger partial charge on any atom is 0.339 e. The van der Waals surface area contributed by atoms with E-state index in [-0.39, 0.29) is 5.97 Å². The monoisotopic (exact) mass is 235 g/mol. The lowest BCUT2D eigenvalue weighted by molar-refractivity contribution is 0.0601. The molecule has 1 atom stereocenters. The summed E-state index contributed by atoms with van der Waals surface area (Å²) in [6.45, 7) is 1.50. The van der Waals surface area contributed by atoms with E-state index in [0.717, 1.165) is 18.7 Å². The highest BCUT2D eigenvalue weighted by molar-refractivity contribution is 5.95. The van der Waals surface area contributed by atoms with Gasteiger partial charge in [-0.15, -0.1) is 0 Å².